The van der Waals surface area contributed by atoms with Gasteiger partial charge in [0.05, 0.1) is 6.04 Å². The molecule has 0 bridgehead atoms. The van der Waals surface area contributed by atoms with E-state index in [1.54, 1.807) is 0 Å². The zero-order chi connectivity index (χ0) is 14.9. The van der Waals surface area contributed by atoms with Crippen molar-refractivity contribution >= 4 is 5.91 Å². The van der Waals surface area contributed by atoms with Crippen LogP contribution in [0.15, 0.2) is 60.7 Å². The molecule has 21 heavy (non-hydrogen) atoms. The van der Waals surface area contributed by atoms with Crippen LogP contribution in [-0.4, -0.2) is 5.91 Å². The van der Waals surface area contributed by atoms with Gasteiger partial charge in [0.15, 0.2) is 0 Å². The zero-order valence-corrected chi connectivity index (χ0v) is 12.5. The molecule has 1 amide bonds. The third-order valence-electron chi connectivity index (χ3n) is 4.65. The lowest BCUT2D eigenvalue weighted by Gasteiger charge is -2.16. The Morgan fingerprint density at radius 2 is 1.67 bits per heavy atom. The van der Waals surface area contributed by atoms with Crippen molar-refractivity contribution in [1.82, 2.24) is 5.32 Å². The first kappa shape index (κ1) is 13.9. The number of carbonyl (C=O) groups excluding carboxylic acids is 1. The van der Waals surface area contributed by atoms with Gasteiger partial charge in [-0.3, -0.25) is 4.79 Å². The van der Waals surface area contributed by atoms with Crippen LogP contribution in [0.3, 0.4) is 0 Å². The first-order valence-corrected chi connectivity index (χ1v) is 7.52. The van der Waals surface area contributed by atoms with Crippen molar-refractivity contribution in [2.24, 2.45) is 5.92 Å². The van der Waals surface area contributed by atoms with Gasteiger partial charge in [0, 0.05) is 11.3 Å². The van der Waals surface area contributed by atoms with E-state index in [4.69, 9.17) is 0 Å². The molecule has 3 atom stereocenters. The summed E-state index contributed by atoms with van der Waals surface area (Å²) in [6.45, 7) is 4.22. The van der Waals surface area contributed by atoms with E-state index in [0.29, 0.717) is 0 Å². The third-order valence-corrected chi connectivity index (χ3v) is 4.65. The van der Waals surface area contributed by atoms with Crippen LogP contribution < -0.4 is 5.32 Å². The predicted molar refractivity (Wildman–Crippen MR) is 84.9 cm³/mol. The summed E-state index contributed by atoms with van der Waals surface area (Å²) in [5, 5.41) is 3.14. The van der Waals surface area contributed by atoms with E-state index in [9.17, 15) is 4.79 Å². The van der Waals surface area contributed by atoms with Gasteiger partial charge in [-0.25, -0.2) is 0 Å². The Balaban J connectivity index is 1.66. The van der Waals surface area contributed by atoms with Gasteiger partial charge >= 0.3 is 0 Å². The molecule has 1 fully saturated rings. The number of rotatable bonds is 4. The van der Waals surface area contributed by atoms with Crippen molar-refractivity contribution in [3.05, 3.63) is 71.8 Å². The van der Waals surface area contributed by atoms with E-state index in [-0.39, 0.29) is 23.3 Å². The summed E-state index contributed by atoms with van der Waals surface area (Å²) in [7, 11) is 0. The summed E-state index contributed by atoms with van der Waals surface area (Å²) >= 11 is 0. The Kier molecular flexibility index (Phi) is 3.54. The van der Waals surface area contributed by atoms with Crippen LogP contribution in [0.4, 0.5) is 0 Å². The third kappa shape index (κ3) is 2.71. The highest BCUT2D eigenvalue weighted by Gasteiger charge is 2.55. The number of benzene rings is 2. The van der Waals surface area contributed by atoms with E-state index in [0.717, 1.165) is 12.0 Å². The van der Waals surface area contributed by atoms with Gasteiger partial charge in [0.25, 0.3) is 0 Å². The van der Waals surface area contributed by atoms with Crippen molar-refractivity contribution in [3.63, 3.8) is 0 Å². The fourth-order valence-electron chi connectivity index (χ4n) is 3.02. The molecule has 0 spiro atoms. The lowest BCUT2D eigenvalue weighted by Crippen LogP contribution is -2.30. The second-order valence-electron chi connectivity index (χ2n) is 6.18. The second-order valence-corrected chi connectivity index (χ2v) is 6.18. The maximum atomic E-state index is 12.5. The number of nitrogens with one attached hydrogen (secondary N) is 1. The maximum Gasteiger partial charge on any atom is 0.224 e. The molecule has 0 heterocycles. The Bertz CT molecular complexity index is 623. The van der Waals surface area contributed by atoms with Crippen LogP contribution in [0.25, 0.3) is 0 Å². The molecule has 1 saturated carbocycles. The summed E-state index contributed by atoms with van der Waals surface area (Å²) in [4.78, 5) is 12.5. The lowest BCUT2D eigenvalue weighted by molar-refractivity contribution is -0.123. The molecule has 108 valence electrons. The minimum atomic E-state index is 0.00174. The number of carbonyl (C=O) groups is 1. The van der Waals surface area contributed by atoms with E-state index >= 15 is 0 Å². The number of hydrogen-bond donors (Lipinski definition) is 1. The summed E-state index contributed by atoms with van der Waals surface area (Å²) in [5.74, 6) is 0.253. The van der Waals surface area contributed by atoms with Crippen LogP contribution in [0.1, 0.15) is 37.4 Å². The molecule has 1 aliphatic carbocycles. The monoisotopic (exact) mass is 279 g/mol. The van der Waals surface area contributed by atoms with Crippen molar-refractivity contribution < 1.29 is 4.79 Å². The second kappa shape index (κ2) is 5.36. The quantitative estimate of drug-likeness (QED) is 0.905. The Morgan fingerprint density at radius 3 is 2.29 bits per heavy atom. The van der Waals surface area contributed by atoms with Crippen molar-refractivity contribution in [3.8, 4) is 0 Å². The molecule has 1 N–H and O–H groups in total. The van der Waals surface area contributed by atoms with Crippen molar-refractivity contribution in [2.45, 2.75) is 31.7 Å². The molecule has 0 aliphatic heterocycles. The number of hydrogen-bond acceptors (Lipinski definition) is 1. The summed E-state index contributed by atoms with van der Waals surface area (Å²) < 4.78 is 0. The molecule has 2 aromatic rings. The molecule has 2 aromatic carbocycles. The molecular weight excluding hydrogens is 258 g/mol. The van der Waals surface area contributed by atoms with Crippen LogP contribution in [-0.2, 0) is 10.2 Å². The molecule has 0 saturated heterocycles. The van der Waals surface area contributed by atoms with Gasteiger partial charge < -0.3 is 5.32 Å². The van der Waals surface area contributed by atoms with Gasteiger partial charge in [-0.2, -0.15) is 0 Å². The van der Waals surface area contributed by atoms with Gasteiger partial charge in [0.1, 0.15) is 0 Å². The summed E-state index contributed by atoms with van der Waals surface area (Å²) in [6, 6.07) is 20.5. The minimum Gasteiger partial charge on any atom is -0.349 e. The van der Waals surface area contributed by atoms with Gasteiger partial charge in [-0.05, 0) is 24.5 Å². The zero-order valence-electron chi connectivity index (χ0n) is 12.5. The summed E-state index contributed by atoms with van der Waals surface area (Å²) in [6.07, 6.45) is 0.935. The van der Waals surface area contributed by atoms with Gasteiger partial charge in [-0.15, -0.1) is 0 Å². The highest BCUT2D eigenvalue weighted by molar-refractivity contribution is 5.84. The van der Waals surface area contributed by atoms with Crippen LogP contribution >= 0.6 is 0 Å². The molecule has 1 aliphatic rings. The highest BCUT2D eigenvalue weighted by Crippen LogP contribution is 2.54. The fraction of sp³-hybridized carbons (Fsp3) is 0.316. The Hall–Kier alpha value is -2.09. The highest BCUT2D eigenvalue weighted by atomic mass is 16.2. The van der Waals surface area contributed by atoms with Crippen LogP contribution in [0, 0.1) is 5.92 Å². The topological polar surface area (TPSA) is 29.1 Å². The normalized spacial score (nSPS) is 25.1. The first-order chi connectivity index (χ1) is 10.1. The Labute approximate surface area is 126 Å². The smallest absolute Gasteiger partial charge is 0.224 e. The molecule has 3 rings (SSSR count). The fourth-order valence-corrected chi connectivity index (χ4v) is 3.02. The van der Waals surface area contributed by atoms with Crippen LogP contribution in [0.2, 0.25) is 0 Å². The molecule has 2 nitrogen and oxygen atoms in total. The predicted octanol–water partition coefficient (Wildman–Crippen LogP) is 3.84. The van der Waals surface area contributed by atoms with E-state index < -0.39 is 0 Å². The summed E-state index contributed by atoms with van der Waals surface area (Å²) in [5.41, 5.74) is 2.41. The lowest BCUT2D eigenvalue weighted by atomic mass is 9.95. The first-order valence-electron chi connectivity index (χ1n) is 7.52. The van der Waals surface area contributed by atoms with E-state index in [1.807, 2.05) is 55.5 Å². The average molecular weight is 279 g/mol. The Morgan fingerprint density at radius 1 is 1.10 bits per heavy atom. The minimum absolute atomic E-state index is 0.00174. The van der Waals surface area contributed by atoms with E-state index in [1.165, 1.54) is 5.56 Å². The molecule has 0 aromatic heterocycles. The maximum absolute atomic E-state index is 12.5. The largest absolute Gasteiger partial charge is 0.349 e. The van der Waals surface area contributed by atoms with Crippen molar-refractivity contribution in [1.29, 1.82) is 0 Å². The van der Waals surface area contributed by atoms with Gasteiger partial charge in [-0.1, -0.05) is 67.6 Å². The standard InChI is InChI=1S/C19H21NO/c1-14(15-9-5-3-6-10-15)20-18(21)17-13-19(17,2)16-11-7-4-8-12-16/h3-12,14,17H,13H2,1-2H3,(H,20,21). The molecule has 0 radical (unpaired) electrons. The van der Waals surface area contributed by atoms with Crippen LogP contribution in [0.5, 0.6) is 0 Å². The average Bonchev–Trinajstić information content (AvgIpc) is 3.23. The molecule has 2 heteroatoms. The van der Waals surface area contributed by atoms with E-state index in [2.05, 4.69) is 24.4 Å². The number of amides is 1. The van der Waals surface area contributed by atoms with Crippen molar-refractivity contribution in [2.75, 3.05) is 0 Å². The SMILES string of the molecule is CC(NC(=O)C1CC1(C)c1ccccc1)c1ccccc1. The molecular formula is C19H21NO. The van der Waals surface area contributed by atoms with Gasteiger partial charge in [0.2, 0.25) is 5.91 Å². The molecule has 3 unspecified atom stereocenters.